The first-order chi connectivity index (χ1) is 9.35. The molecule has 108 valence electrons. The Morgan fingerprint density at radius 1 is 1.30 bits per heavy atom. The van der Waals surface area contributed by atoms with Gasteiger partial charge in [0.05, 0.1) is 11.0 Å². The van der Waals surface area contributed by atoms with Gasteiger partial charge in [0.15, 0.2) is 0 Å². The smallest absolute Gasteiger partial charge is 0.297 e. The highest BCUT2D eigenvalue weighted by Gasteiger charge is 2.34. The van der Waals surface area contributed by atoms with Gasteiger partial charge in [0.25, 0.3) is 10.1 Å². The number of benzene rings is 1. The Hall–Kier alpha value is -1.35. The second-order valence-electron chi connectivity index (χ2n) is 5.24. The first kappa shape index (κ1) is 15.0. The molecule has 0 spiro atoms. The quantitative estimate of drug-likeness (QED) is 0.684. The van der Waals surface area contributed by atoms with Gasteiger partial charge in [0.2, 0.25) is 0 Å². The molecule has 0 bridgehead atoms. The third-order valence-corrected chi connectivity index (χ3v) is 4.98. The van der Waals surface area contributed by atoms with E-state index in [2.05, 4.69) is 5.92 Å². The van der Waals surface area contributed by atoms with E-state index in [0.717, 1.165) is 5.56 Å². The SMILES string of the molecule is C#CC1(O)CCC(OS(=O)(=O)c2ccc(C)cc2)CC1. The summed E-state index contributed by atoms with van der Waals surface area (Å²) in [7, 11) is -3.75. The van der Waals surface area contributed by atoms with Crippen LogP contribution in [0.15, 0.2) is 29.2 Å². The fraction of sp³-hybridized carbons (Fsp3) is 0.467. The Morgan fingerprint density at radius 2 is 1.85 bits per heavy atom. The molecular weight excluding hydrogens is 276 g/mol. The summed E-state index contributed by atoms with van der Waals surface area (Å²) < 4.78 is 29.5. The average Bonchev–Trinajstić information content (AvgIpc) is 2.42. The van der Waals surface area contributed by atoms with Gasteiger partial charge in [-0.05, 0) is 44.7 Å². The number of hydrogen-bond acceptors (Lipinski definition) is 4. The topological polar surface area (TPSA) is 63.6 Å². The van der Waals surface area contributed by atoms with Gasteiger partial charge in [-0.15, -0.1) is 6.42 Å². The summed E-state index contributed by atoms with van der Waals surface area (Å²) in [6.07, 6.45) is 6.43. The molecule has 1 aliphatic rings. The van der Waals surface area contributed by atoms with Crippen molar-refractivity contribution in [1.29, 1.82) is 0 Å². The van der Waals surface area contributed by atoms with Crippen LogP contribution in [0.5, 0.6) is 0 Å². The molecule has 5 heteroatoms. The zero-order valence-electron chi connectivity index (χ0n) is 11.4. The molecule has 0 aliphatic heterocycles. The normalized spacial score (nSPS) is 26.9. The molecule has 0 saturated heterocycles. The van der Waals surface area contributed by atoms with Crippen molar-refractivity contribution in [2.75, 3.05) is 0 Å². The first-order valence-corrected chi connectivity index (χ1v) is 7.96. The average molecular weight is 294 g/mol. The fourth-order valence-corrected chi connectivity index (χ4v) is 3.38. The maximum Gasteiger partial charge on any atom is 0.297 e. The Morgan fingerprint density at radius 3 is 2.35 bits per heavy atom. The minimum Gasteiger partial charge on any atom is -0.378 e. The van der Waals surface area contributed by atoms with Crippen molar-refractivity contribution in [1.82, 2.24) is 0 Å². The summed E-state index contributed by atoms with van der Waals surface area (Å²) in [5.74, 6) is 2.35. The molecule has 1 aromatic carbocycles. The van der Waals surface area contributed by atoms with Gasteiger partial charge in [-0.25, -0.2) is 0 Å². The van der Waals surface area contributed by atoms with Crippen LogP contribution in [0.2, 0.25) is 0 Å². The molecule has 1 N–H and O–H groups in total. The predicted molar refractivity (Wildman–Crippen MR) is 75.5 cm³/mol. The number of terminal acetylenes is 1. The van der Waals surface area contributed by atoms with Crippen molar-refractivity contribution in [3.05, 3.63) is 29.8 Å². The lowest BCUT2D eigenvalue weighted by Crippen LogP contribution is -2.35. The maximum absolute atomic E-state index is 12.1. The molecule has 1 fully saturated rings. The summed E-state index contributed by atoms with van der Waals surface area (Å²) in [5.41, 5.74) is -0.131. The molecule has 0 aromatic heterocycles. The highest BCUT2D eigenvalue weighted by Crippen LogP contribution is 2.31. The molecule has 0 amide bonds. The lowest BCUT2D eigenvalue weighted by atomic mass is 9.84. The Labute approximate surface area is 119 Å². The largest absolute Gasteiger partial charge is 0.378 e. The highest BCUT2D eigenvalue weighted by atomic mass is 32.2. The summed E-state index contributed by atoms with van der Waals surface area (Å²) in [4.78, 5) is 0.154. The van der Waals surface area contributed by atoms with Crippen molar-refractivity contribution in [2.45, 2.75) is 49.2 Å². The van der Waals surface area contributed by atoms with Crippen LogP contribution in [0.3, 0.4) is 0 Å². The molecule has 20 heavy (non-hydrogen) atoms. The van der Waals surface area contributed by atoms with Gasteiger partial charge in [-0.2, -0.15) is 8.42 Å². The molecule has 1 saturated carbocycles. The van der Waals surface area contributed by atoms with E-state index in [0.29, 0.717) is 25.7 Å². The van der Waals surface area contributed by atoms with Gasteiger partial charge >= 0.3 is 0 Å². The minimum atomic E-state index is -3.75. The number of rotatable bonds is 3. The van der Waals surface area contributed by atoms with Gasteiger partial charge < -0.3 is 5.11 Å². The molecule has 1 aromatic rings. The second-order valence-corrected chi connectivity index (χ2v) is 6.81. The third-order valence-electron chi connectivity index (χ3n) is 3.60. The van der Waals surface area contributed by atoms with Crippen LogP contribution in [0.25, 0.3) is 0 Å². The van der Waals surface area contributed by atoms with E-state index in [1.807, 2.05) is 6.92 Å². The van der Waals surface area contributed by atoms with Crippen molar-refractivity contribution in [3.63, 3.8) is 0 Å². The van der Waals surface area contributed by atoms with Crippen LogP contribution < -0.4 is 0 Å². The lowest BCUT2D eigenvalue weighted by Gasteiger charge is -2.31. The van der Waals surface area contributed by atoms with E-state index >= 15 is 0 Å². The minimum absolute atomic E-state index is 0.154. The molecule has 0 radical (unpaired) electrons. The summed E-state index contributed by atoms with van der Waals surface area (Å²) in [6, 6.07) is 6.53. The number of hydrogen-bond donors (Lipinski definition) is 1. The van der Waals surface area contributed by atoms with E-state index in [9.17, 15) is 13.5 Å². The standard InChI is InChI=1S/C15H18O4S/c1-3-15(16)10-8-13(9-11-15)19-20(17,18)14-6-4-12(2)5-7-14/h1,4-7,13,16H,8-11H2,2H3. The Kier molecular flexibility index (Phi) is 4.19. The van der Waals surface area contributed by atoms with E-state index < -0.39 is 21.8 Å². The number of aliphatic hydroxyl groups is 1. The van der Waals surface area contributed by atoms with Crippen molar-refractivity contribution in [2.24, 2.45) is 0 Å². The Bertz CT molecular complexity index is 602. The van der Waals surface area contributed by atoms with E-state index in [1.165, 1.54) is 12.1 Å². The van der Waals surface area contributed by atoms with Gasteiger partial charge in [0, 0.05) is 0 Å². The molecule has 1 aliphatic carbocycles. The van der Waals surface area contributed by atoms with Gasteiger partial charge in [-0.1, -0.05) is 23.6 Å². The van der Waals surface area contributed by atoms with Crippen LogP contribution in [0, 0.1) is 19.3 Å². The molecule has 0 heterocycles. The third kappa shape index (κ3) is 3.40. The molecular formula is C15H18O4S. The van der Waals surface area contributed by atoms with Crippen LogP contribution >= 0.6 is 0 Å². The number of aryl methyl sites for hydroxylation is 1. The van der Waals surface area contributed by atoms with Crippen LogP contribution in [-0.4, -0.2) is 25.2 Å². The van der Waals surface area contributed by atoms with Crippen molar-refractivity contribution >= 4 is 10.1 Å². The molecule has 0 atom stereocenters. The van der Waals surface area contributed by atoms with Crippen molar-refractivity contribution in [3.8, 4) is 12.3 Å². The summed E-state index contributed by atoms with van der Waals surface area (Å²) in [5, 5.41) is 9.90. The second kappa shape index (κ2) is 5.57. The van der Waals surface area contributed by atoms with E-state index in [4.69, 9.17) is 10.6 Å². The zero-order valence-corrected chi connectivity index (χ0v) is 12.2. The molecule has 2 rings (SSSR count). The van der Waals surface area contributed by atoms with E-state index in [-0.39, 0.29) is 4.90 Å². The zero-order chi connectivity index (χ0) is 14.8. The predicted octanol–water partition coefficient (Wildman–Crippen LogP) is 2.01. The Balaban J connectivity index is 2.04. The molecule has 4 nitrogen and oxygen atoms in total. The first-order valence-electron chi connectivity index (χ1n) is 6.55. The summed E-state index contributed by atoms with van der Waals surface area (Å²) in [6.45, 7) is 1.89. The lowest BCUT2D eigenvalue weighted by molar-refractivity contribution is 0.0208. The maximum atomic E-state index is 12.1. The fourth-order valence-electron chi connectivity index (χ4n) is 2.25. The highest BCUT2D eigenvalue weighted by molar-refractivity contribution is 7.86. The van der Waals surface area contributed by atoms with E-state index in [1.54, 1.807) is 12.1 Å². The summed E-state index contributed by atoms with van der Waals surface area (Å²) >= 11 is 0. The molecule has 0 unspecified atom stereocenters. The van der Waals surface area contributed by atoms with Crippen LogP contribution in [0.1, 0.15) is 31.2 Å². The van der Waals surface area contributed by atoms with Crippen molar-refractivity contribution < 1.29 is 17.7 Å². The van der Waals surface area contributed by atoms with Crippen LogP contribution in [0.4, 0.5) is 0 Å². The van der Waals surface area contributed by atoms with Gasteiger partial charge in [0.1, 0.15) is 5.60 Å². The monoisotopic (exact) mass is 294 g/mol. The van der Waals surface area contributed by atoms with Gasteiger partial charge in [-0.3, -0.25) is 4.18 Å². The van der Waals surface area contributed by atoms with Crippen LogP contribution in [-0.2, 0) is 14.3 Å².